The molecule has 34 heavy (non-hydrogen) atoms. The summed E-state index contributed by atoms with van der Waals surface area (Å²) < 4.78 is 11.1. The Morgan fingerprint density at radius 2 is 1.53 bits per heavy atom. The van der Waals surface area contributed by atoms with Crippen molar-refractivity contribution >= 4 is 18.2 Å². The number of carboxylic acids is 1. The monoisotopic (exact) mass is 466 g/mol. The number of aliphatic carboxylic acids is 1. The molecule has 1 unspecified atom stereocenters. The van der Waals surface area contributed by atoms with Crippen LogP contribution in [0.2, 0.25) is 0 Å². The third-order valence-electron chi connectivity index (χ3n) is 6.36. The minimum absolute atomic E-state index is 0.0265. The van der Waals surface area contributed by atoms with E-state index in [2.05, 4.69) is 0 Å². The summed E-state index contributed by atoms with van der Waals surface area (Å²) in [7, 11) is 0. The summed E-state index contributed by atoms with van der Waals surface area (Å²) >= 11 is 0. The van der Waals surface area contributed by atoms with Gasteiger partial charge in [-0.05, 0) is 49.9 Å². The number of carbonyl (C=O) groups is 3. The summed E-state index contributed by atoms with van der Waals surface area (Å²) in [5.41, 5.74) is 2.03. The van der Waals surface area contributed by atoms with Crippen LogP contribution >= 0.6 is 0 Å². The molecule has 2 aliphatic rings. The summed E-state index contributed by atoms with van der Waals surface area (Å²) in [5.74, 6) is -1.34. The lowest BCUT2D eigenvalue weighted by Gasteiger charge is -2.45. The Balaban J connectivity index is 1.49. The number of piperazine rings is 1. The number of ether oxygens (including phenoxy) is 2. The number of nitrogens with zero attached hydrogens (tertiary/aromatic N) is 2. The Bertz CT molecular complexity index is 1080. The highest BCUT2D eigenvalue weighted by Crippen LogP contribution is 2.44. The van der Waals surface area contributed by atoms with E-state index in [0.29, 0.717) is 0 Å². The third-order valence-corrected chi connectivity index (χ3v) is 6.36. The smallest absolute Gasteiger partial charge is 0.410 e. The molecule has 1 saturated heterocycles. The van der Waals surface area contributed by atoms with Crippen LogP contribution in [0.4, 0.5) is 9.59 Å². The molecule has 1 aliphatic carbocycles. The van der Waals surface area contributed by atoms with Crippen molar-refractivity contribution in [2.75, 3.05) is 26.2 Å². The van der Waals surface area contributed by atoms with Gasteiger partial charge in [0.05, 0.1) is 6.54 Å². The molecule has 1 atom stereocenters. The Morgan fingerprint density at radius 1 is 0.971 bits per heavy atom. The van der Waals surface area contributed by atoms with Crippen molar-refractivity contribution in [3.8, 4) is 11.1 Å². The summed E-state index contributed by atoms with van der Waals surface area (Å²) in [6.07, 6.45) is -1.32. The molecule has 0 spiro atoms. The average Bonchev–Trinajstić information content (AvgIpc) is 3.10. The Labute approximate surface area is 199 Å². The van der Waals surface area contributed by atoms with Crippen LogP contribution in [0, 0.1) is 0 Å². The lowest BCUT2D eigenvalue weighted by molar-refractivity contribution is -0.153. The molecule has 1 fully saturated rings. The first-order valence-corrected chi connectivity index (χ1v) is 11.4. The van der Waals surface area contributed by atoms with Gasteiger partial charge in [0, 0.05) is 19.0 Å². The number of carbonyl (C=O) groups excluding carboxylic acids is 2. The van der Waals surface area contributed by atoms with Crippen molar-refractivity contribution in [1.82, 2.24) is 9.80 Å². The van der Waals surface area contributed by atoms with E-state index in [0.717, 1.165) is 22.3 Å². The van der Waals surface area contributed by atoms with Crippen molar-refractivity contribution in [3.05, 3.63) is 59.7 Å². The molecule has 0 saturated carbocycles. The largest absolute Gasteiger partial charge is 0.479 e. The van der Waals surface area contributed by atoms with Crippen LogP contribution < -0.4 is 0 Å². The van der Waals surface area contributed by atoms with Gasteiger partial charge in [0.2, 0.25) is 0 Å². The molecule has 1 aliphatic heterocycles. The normalized spacial score (nSPS) is 19.9. The van der Waals surface area contributed by atoms with E-state index >= 15 is 0 Å². The van der Waals surface area contributed by atoms with Gasteiger partial charge in [-0.15, -0.1) is 0 Å². The molecule has 1 N–H and O–H groups in total. The molecule has 2 aromatic rings. The van der Waals surface area contributed by atoms with Gasteiger partial charge in [-0.1, -0.05) is 48.5 Å². The SMILES string of the molecule is CC(C)(C)OC(=O)N1CCN(C(=O)OCC2c3ccccc3-c3ccccc32)C(C)(C(=O)O)C1. The molecular weight excluding hydrogens is 436 g/mol. The predicted molar refractivity (Wildman–Crippen MR) is 126 cm³/mol. The molecule has 0 bridgehead atoms. The van der Waals surface area contributed by atoms with Crippen molar-refractivity contribution in [2.45, 2.75) is 44.8 Å². The van der Waals surface area contributed by atoms with E-state index in [4.69, 9.17) is 9.47 Å². The summed E-state index contributed by atoms with van der Waals surface area (Å²) in [6.45, 7) is 6.74. The van der Waals surface area contributed by atoms with Gasteiger partial charge in [0.1, 0.15) is 12.2 Å². The molecule has 1 heterocycles. The van der Waals surface area contributed by atoms with E-state index in [-0.39, 0.29) is 32.2 Å². The number of fused-ring (bicyclic) bond motifs is 3. The van der Waals surface area contributed by atoms with Crippen molar-refractivity contribution in [3.63, 3.8) is 0 Å². The molecule has 0 aromatic heterocycles. The molecule has 2 amide bonds. The average molecular weight is 467 g/mol. The topological polar surface area (TPSA) is 96.4 Å². The maximum Gasteiger partial charge on any atom is 0.410 e. The summed E-state index contributed by atoms with van der Waals surface area (Å²) in [4.78, 5) is 40.3. The molecule has 4 rings (SSSR count). The quantitative estimate of drug-likeness (QED) is 0.723. The molecule has 8 nitrogen and oxygen atoms in total. The fraction of sp³-hybridized carbons (Fsp3) is 0.423. The number of amides is 2. The van der Waals surface area contributed by atoms with Crippen LogP contribution in [0.15, 0.2) is 48.5 Å². The van der Waals surface area contributed by atoms with E-state index in [1.54, 1.807) is 20.8 Å². The highest BCUT2D eigenvalue weighted by Gasteiger charge is 2.49. The van der Waals surface area contributed by atoms with Gasteiger partial charge < -0.3 is 19.5 Å². The van der Waals surface area contributed by atoms with E-state index in [9.17, 15) is 19.5 Å². The van der Waals surface area contributed by atoms with Crippen LogP contribution in [-0.4, -0.2) is 70.4 Å². The highest BCUT2D eigenvalue weighted by atomic mass is 16.6. The molecule has 2 aromatic carbocycles. The second-order valence-electron chi connectivity index (χ2n) is 9.94. The fourth-order valence-electron chi connectivity index (χ4n) is 4.63. The minimum Gasteiger partial charge on any atom is -0.479 e. The Morgan fingerprint density at radius 3 is 2.06 bits per heavy atom. The van der Waals surface area contributed by atoms with Gasteiger partial charge in [0.15, 0.2) is 5.54 Å². The maximum atomic E-state index is 13.1. The first kappa shape index (κ1) is 23.6. The van der Waals surface area contributed by atoms with E-state index in [1.165, 1.54) is 16.7 Å². The van der Waals surface area contributed by atoms with E-state index < -0.39 is 29.3 Å². The standard InChI is InChI=1S/C26H30N2O6/c1-25(2,3)34-23(31)27-13-14-28(26(4,16-27)22(29)30)24(32)33-15-21-19-11-7-5-9-17(19)18-10-6-8-12-20(18)21/h5-12,21H,13-16H2,1-4H3,(H,29,30). The maximum absolute atomic E-state index is 13.1. The fourth-order valence-corrected chi connectivity index (χ4v) is 4.63. The summed E-state index contributed by atoms with van der Waals surface area (Å²) in [6, 6.07) is 16.0. The van der Waals surface area contributed by atoms with Gasteiger partial charge >= 0.3 is 18.2 Å². The molecule has 8 heteroatoms. The Kier molecular flexibility index (Phi) is 6.02. The number of hydrogen-bond donors (Lipinski definition) is 1. The number of carboxylic acid groups (broad SMARTS) is 1. The van der Waals surface area contributed by atoms with Crippen molar-refractivity contribution < 1.29 is 29.0 Å². The Hall–Kier alpha value is -3.55. The molecule has 0 radical (unpaired) electrons. The lowest BCUT2D eigenvalue weighted by atomic mass is 9.96. The summed E-state index contributed by atoms with van der Waals surface area (Å²) in [5, 5.41) is 9.96. The zero-order valence-corrected chi connectivity index (χ0v) is 19.9. The number of hydrogen-bond acceptors (Lipinski definition) is 5. The van der Waals surface area contributed by atoms with Gasteiger partial charge in [-0.25, -0.2) is 14.4 Å². The first-order chi connectivity index (χ1) is 16.0. The minimum atomic E-state index is -1.64. The van der Waals surface area contributed by atoms with Crippen LogP contribution in [0.1, 0.15) is 44.7 Å². The number of benzene rings is 2. The van der Waals surface area contributed by atoms with Crippen molar-refractivity contribution in [1.29, 1.82) is 0 Å². The molecular formula is C26H30N2O6. The second kappa shape index (κ2) is 8.66. The zero-order valence-electron chi connectivity index (χ0n) is 19.9. The number of rotatable bonds is 3. The van der Waals surface area contributed by atoms with Crippen LogP contribution in [-0.2, 0) is 14.3 Å². The zero-order chi connectivity index (χ0) is 24.7. The lowest BCUT2D eigenvalue weighted by Crippen LogP contribution is -2.67. The second-order valence-corrected chi connectivity index (χ2v) is 9.94. The van der Waals surface area contributed by atoms with E-state index in [1.807, 2.05) is 48.5 Å². The van der Waals surface area contributed by atoms with Crippen molar-refractivity contribution in [2.24, 2.45) is 0 Å². The van der Waals surface area contributed by atoms with Crippen LogP contribution in [0.5, 0.6) is 0 Å². The highest BCUT2D eigenvalue weighted by molar-refractivity contribution is 5.86. The van der Waals surface area contributed by atoms with Gasteiger partial charge in [-0.2, -0.15) is 0 Å². The van der Waals surface area contributed by atoms with Gasteiger partial charge in [-0.3, -0.25) is 4.90 Å². The van der Waals surface area contributed by atoms with Crippen LogP contribution in [0.25, 0.3) is 11.1 Å². The third kappa shape index (κ3) is 4.32. The first-order valence-electron chi connectivity index (χ1n) is 11.4. The van der Waals surface area contributed by atoms with Crippen LogP contribution in [0.3, 0.4) is 0 Å². The van der Waals surface area contributed by atoms with Gasteiger partial charge in [0.25, 0.3) is 0 Å². The molecule has 180 valence electrons. The predicted octanol–water partition coefficient (Wildman–Crippen LogP) is 4.33.